The second kappa shape index (κ2) is 9.04. The molecule has 1 aliphatic heterocycles. The smallest absolute Gasteiger partial charge is 0.326 e. The monoisotopic (exact) mass is 441 g/mol. The van der Waals surface area contributed by atoms with Crippen LogP contribution >= 0.6 is 0 Å². The van der Waals surface area contributed by atoms with Gasteiger partial charge in [-0.1, -0.05) is 18.2 Å². The molecule has 0 fully saturated rings. The van der Waals surface area contributed by atoms with Gasteiger partial charge in [0.05, 0.1) is 23.2 Å². The summed E-state index contributed by atoms with van der Waals surface area (Å²) in [7, 11) is 1.35. The first-order valence-electron chi connectivity index (χ1n) is 9.01. The molecule has 1 aliphatic rings. The maximum atomic E-state index is 12.4. The maximum absolute atomic E-state index is 12.4. The van der Waals surface area contributed by atoms with Crippen LogP contribution < -0.4 is 10.1 Å². The van der Waals surface area contributed by atoms with Gasteiger partial charge in [0.15, 0.2) is 6.61 Å². The van der Waals surface area contributed by atoms with Crippen LogP contribution in [0.4, 0.5) is 5.69 Å². The minimum atomic E-state index is -1.12. The van der Waals surface area contributed by atoms with Crippen LogP contribution in [-0.2, 0) is 14.3 Å². The molecule has 4 amide bonds. The molecule has 12 heteroatoms. The highest BCUT2D eigenvalue weighted by Gasteiger charge is 2.42. The fourth-order valence-corrected chi connectivity index (χ4v) is 2.99. The van der Waals surface area contributed by atoms with E-state index in [2.05, 4.69) is 0 Å². The highest BCUT2D eigenvalue weighted by molar-refractivity contribution is 6.24. The Bertz CT molecular complexity index is 1160. The summed E-state index contributed by atoms with van der Waals surface area (Å²) in [6, 6.07) is 9.68. The number of nitro benzene ring substituents is 1. The molecule has 3 rings (SSSR count). The number of nitrogens with zero attached hydrogens (tertiary/aromatic N) is 2. The molecule has 0 unspecified atom stereocenters. The van der Waals surface area contributed by atoms with Gasteiger partial charge in [-0.05, 0) is 18.2 Å². The molecule has 32 heavy (non-hydrogen) atoms. The van der Waals surface area contributed by atoms with Crippen LogP contribution in [0, 0.1) is 10.1 Å². The Balaban J connectivity index is 1.58. The topological polar surface area (TPSA) is 162 Å². The standard InChI is InChI=1S/C20H15N3O9/c1-31-14-8-3-2-5-11(14)18(26)21-15(24)10-32-16(25)9-22-19(27)12-6-4-7-13(23(29)30)17(12)20(22)28/h2-8H,9-10H2,1H3,(H,21,24,26). The van der Waals surface area contributed by atoms with E-state index >= 15 is 0 Å². The molecular formula is C20H15N3O9. The molecule has 1 N–H and O–H groups in total. The van der Waals surface area contributed by atoms with Gasteiger partial charge in [0, 0.05) is 6.07 Å². The Morgan fingerprint density at radius 2 is 1.78 bits per heavy atom. The lowest BCUT2D eigenvalue weighted by molar-refractivity contribution is -0.385. The number of amides is 4. The number of fused-ring (bicyclic) bond motifs is 1. The Hall–Kier alpha value is -4.61. The highest BCUT2D eigenvalue weighted by atomic mass is 16.6. The minimum absolute atomic E-state index is 0.0855. The fraction of sp³-hybridized carbons (Fsp3) is 0.150. The number of hydrogen-bond donors (Lipinski definition) is 1. The Morgan fingerprint density at radius 1 is 1.06 bits per heavy atom. The van der Waals surface area contributed by atoms with Gasteiger partial charge < -0.3 is 9.47 Å². The number of benzene rings is 2. The molecule has 1 heterocycles. The predicted octanol–water partition coefficient (Wildman–Crippen LogP) is 0.699. The fourth-order valence-electron chi connectivity index (χ4n) is 2.99. The number of carbonyl (C=O) groups is 5. The van der Waals surface area contributed by atoms with Gasteiger partial charge in [0.2, 0.25) is 0 Å². The zero-order valence-electron chi connectivity index (χ0n) is 16.5. The molecule has 164 valence electrons. The number of nitrogens with one attached hydrogen (secondary N) is 1. The number of imide groups is 2. The van der Waals surface area contributed by atoms with E-state index in [1.807, 2.05) is 5.32 Å². The zero-order valence-corrected chi connectivity index (χ0v) is 16.5. The molecular weight excluding hydrogens is 426 g/mol. The Kier molecular flexibility index (Phi) is 6.24. The van der Waals surface area contributed by atoms with Crippen molar-refractivity contribution < 1.29 is 38.4 Å². The normalized spacial score (nSPS) is 12.2. The van der Waals surface area contributed by atoms with Gasteiger partial charge in [-0.3, -0.25) is 44.3 Å². The van der Waals surface area contributed by atoms with Crippen molar-refractivity contribution in [2.45, 2.75) is 0 Å². The van der Waals surface area contributed by atoms with Crippen LogP contribution in [0.1, 0.15) is 31.1 Å². The summed E-state index contributed by atoms with van der Waals surface area (Å²) in [4.78, 5) is 71.7. The van der Waals surface area contributed by atoms with E-state index in [0.717, 1.165) is 6.07 Å². The largest absolute Gasteiger partial charge is 0.496 e. The van der Waals surface area contributed by atoms with E-state index in [1.54, 1.807) is 12.1 Å². The predicted molar refractivity (Wildman–Crippen MR) is 105 cm³/mol. The summed E-state index contributed by atoms with van der Waals surface area (Å²) in [5, 5.41) is 13.1. The first-order chi connectivity index (χ1) is 15.2. The number of ether oxygens (including phenoxy) is 2. The summed E-state index contributed by atoms with van der Waals surface area (Å²) < 4.78 is 9.74. The lowest BCUT2D eigenvalue weighted by Crippen LogP contribution is -2.38. The molecule has 0 radical (unpaired) electrons. The van der Waals surface area contributed by atoms with E-state index < -0.39 is 58.9 Å². The average Bonchev–Trinajstić information content (AvgIpc) is 3.02. The Labute approximate surface area is 179 Å². The number of methoxy groups -OCH3 is 1. The second-order valence-corrected chi connectivity index (χ2v) is 6.39. The first kappa shape index (κ1) is 22.1. The van der Waals surface area contributed by atoms with Crippen LogP contribution in [0.15, 0.2) is 42.5 Å². The maximum Gasteiger partial charge on any atom is 0.326 e. The quantitative estimate of drug-likeness (QED) is 0.282. The van der Waals surface area contributed by atoms with Gasteiger partial charge in [-0.15, -0.1) is 0 Å². The van der Waals surface area contributed by atoms with Crippen LogP contribution in [0.5, 0.6) is 5.75 Å². The molecule has 0 aliphatic carbocycles. The van der Waals surface area contributed by atoms with Gasteiger partial charge in [-0.25, -0.2) is 0 Å². The molecule has 0 aromatic heterocycles. The molecule has 2 aromatic carbocycles. The van der Waals surface area contributed by atoms with Crippen LogP contribution in [0.2, 0.25) is 0 Å². The molecule has 0 spiro atoms. The van der Waals surface area contributed by atoms with Gasteiger partial charge in [0.25, 0.3) is 29.3 Å². The summed E-state index contributed by atoms with van der Waals surface area (Å²) in [5.74, 6) is -4.55. The third-order valence-electron chi connectivity index (χ3n) is 4.43. The van der Waals surface area contributed by atoms with Crippen molar-refractivity contribution in [3.63, 3.8) is 0 Å². The number of esters is 1. The van der Waals surface area contributed by atoms with E-state index in [4.69, 9.17) is 9.47 Å². The van der Waals surface area contributed by atoms with E-state index in [-0.39, 0.29) is 16.9 Å². The van der Waals surface area contributed by atoms with Crippen molar-refractivity contribution in [2.24, 2.45) is 0 Å². The van der Waals surface area contributed by atoms with E-state index in [0.29, 0.717) is 4.90 Å². The van der Waals surface area contributed by atoms with Crippen LogP contribution in [0.3, 0.4) is 0 Å². The molecule has 12 nitrogen and oxygen atoms in total. The van der Waals surface area contributed by atoms with Crippen molar-refractivity contribution in [3.8, 4) is 5.75 Å². The molecule has 0 bridgehead atoms. The lowest BCUT2D eigenvalue weighted by Gasteiger charge is -2.13. The van der Waals surface area contributed by atoms with E-state index in [9.17, 15) is 34.1 Å². The van der Waals surface area contributed by atoms with Crippen LogP contribution in [0.25, 0.3) is 0 Å². The average molecular weight is 441 g/mol. The van der Waals surface area contributed by atoms with Gasteiger partial charge >= 0.3 is 5.97 Å². The minimum Gasteiger partial charge on any atom is -0.496 e. The van der Waals surface area contributed by atoms with Crippen molar-refractivity contribution in [1.29, 1.82) is 0 Å². The van der Waals surface area contributed by atoms with Crippen molar-refractivity contribution in [3.05, 3.63) is 69.3 Å². The number of para-hydroxylation sites is 1. The number of hydrogen-bond acceptors (Lipinski definition) is 9. The third-order valence-corrected chi connectivity index (χ3v) is 4.43. The van der Waals surface area contributed by atoms with Crippen molar-refractivity contribution in [1.82, 2.24) is 10.2 Å². The summed E-state index contributed by atoms with van der Waals surface area (Å²) in [5.41, 5.74) is -1.11. The summed E-state index contributed by atoms with van der Waals surface area (Å²) in [6.07, 6.45) is 0. The summed E-state index contributed by atoms with van der Waals surface area (Å²) in [6.45, 7) is -1.72. The molecule has 0 saturated carbocycles. The van der Waals surface area contributed by atoms with Crippen LogP contribution in [-0.4, -0.2) is 59.7 Å². The third kappa shape index (κ3) is 4.28. The van der Waals surface area contributed by atoms with Gasteiger partial charge in [0.1, 0.15) is 17.9 Å². The summed E-state index contributed by atoms with van der Waals surface area (Å²) >= 11 is 0. The molecule has 2 aromatic rings. The number of carbonyl (C=O) groups excluding carboxylic acids is 5. The molecule has 0 atom stereocenters. The zero-order chi connectivity index (χ0) is 23.4. The first-order valence-corrected chi connectivity index (χ1v) is 9.01. The van der Waals surface area contributed by atoms with E-state index in [1.165, 1.54) is 31.4 Å². The second-order valence-electron chi connectivity index (χ2n) is 6.39. The SMILES string of the molecule is COc1ccccc1C(=O)NC(=O)COC(=O)CN1C(=O)c2cccc([N+](=O)[O-])c2C1=O. The Morgan fingerprint density at radius 3 is 2.47 bits per heavy atom. The van der Waals surface area contributed by atoms with Crippen molar-refractivity contribution >= 4 is 35.3 Å². The highest BCUT2D eigenvalue weighted by Crippen LogP contribution is 2.30. The number of nitro groups is 1. The number of rotatable bonds is 7. The lowest BCUT2D eigenvalue weighted by atomic mass is 10.1. The molecule has 0 saturated heterocycles. The van der Waals surface area contributed by atoms with Gasteiger partial charge in [-0.2, -0.15) is 0 Å². The van der Waals surface area contributed by atoms with Crippen molar-refractivity contribution in [2.75, 3.05) is 20.3 Å².